The van der Waals surface area contributed by atoms with Crippen molar-refractivity contribution < 1.29 is 31.1 Å². The summed E-state index contributed by atoms with van der Waals surface area (Å²) in [6, 6.07) is 21.8. The van der Waals surface area contributed by atoms with Gasteiger partial charge >= 0.3 is 21.7 Å². The third-order valence-electron chi connectivity index (χ3n) is 5.02. The average Bonchev–Trinajstić information content (AvgIpc) is 3.27. The maximum atomic E-state index is 3.37. The van der Waals surface area contributed by atoms with Crippen LogP contribution in [0.4, 0.5) is 0 Å². The zero-order valence-corrected chi connectivity index (χ0v) is 20.5. The summed E-state index contributed by atoms with van der Waals surface area (Å²) in [4.78, 5) is 0. The number of aryl methyl sites for hydroxylation is 1. The third kappa shape index (κ3) is 7.99. The molecule has 0 saturated heterocycles. The summed E-state index contributed by atoms with van der Waals surface area (Å²) in [5.41, 5.74) is 4.30. The summed E-state index contributed by atoms with van der Waals surface area (Å²) < 4.78 is 0. The van der Waals surface area contributed by atoms with Gasteiger partial charge in [-0.3, -0.25) is 6.08 Å². The van der Waals surface area contributed by atoms with Gasteiger partial charge in [0.25, 0.3) is 0 Å². The Labute approximate surface area is 196 Å². The van der Waals surface area contributed by atoms with Gasteiger partial charge in [-0.05, 0) is 17.8 Å². The van der Waals surface area contributed by atoms with Crippen LogP contribution in [0.15, 0.2) is 77.9 Å². The largest absolute Gasteiger partial charge is 4.00 e. The van der Waals surface area contributed by atoms with E-state index in [9.17, 15) is 0 Å². The first-order chi connectivity index (χ1) is 13.2. The summed E-state index contributed by atoms with van der Waals surface area (Å²) in [5.74, 6) is 0. The van der Waals surface area contributed by atoms with E-state index in [1.54, 1.807) is 0 Å². The Bertz CT molecular complexity index is 923. The molecule has 4 heteroatoms. The van der Waals surface area contributed by atoms with Crippen molar-refractivity contribution in [2.75, 3.05) is 0 Å². The van der Waals surface area contributed by atoms with Gasteiger partial charge in [-0.15, -0.1) is 53.7 Å². The van der Waals surface area contributed by atoms with Crippen LogP contribution in [0.2, 0.25) is 0 Å². The van der Waals surface area contributed by atoms with Gasteiger partial charge in [-0.2, -0.15) is 12.1 Å². The van der Waals surface area contributed by atoms with Crippen molar-refractivity contribution >= 4 is 30.0 Å². The Balaban J connectivity index is 0.000000569. The quantitative estimate of drug-likeness (QED) is 0.301. The van der Waals surface area contributed by atoms with Crippen molar-refractivity contribution in [1.82, 2.24) is 0 Å². The molecule has 1 atom stereocenters. The standard InChI is InChI=1S/C16H14P.C10H15.2FH.Ti/c1-12-6-2-5-9-16(12)17-15-10-13-7-3-4-8-14(13)11-15;1-3-4-7-10-8-5-6-9(10)2;;;/h2-11,17H,1H3;6H,3-5,7H2,1-2H3;2*1H;/q2*-1;;;+4/p-2. The van der Waals surface area contributed by atoms with Gasteiger partial charge in [0, 0.05) is 0 Å². The van der Waals surface area contributed by atoms with Crippen molar-refractivity contribution in [1.29, 1.82) is 0 Å². The first-order valence-electron chi connectivity index (χ1n) is 9.92. The molecule has 0 radical (unpaired) electrons. The molecule has 3 aromatic carbocycles. The predicted molar refractivity (Wildman–Crippen MR) is 123 cm³/mol. The molecule has 0 N–H and O–H groups in total. The molecule has 0 aromatic heterocycles. The molecule has 0 amide bonds. The molecule has 0 nitrogen and oxygen atoms in total. The van der Waals surface area contributed by atoms with E-state index in [1.807, 2.05) is 0 Å². The summed E-state index contributed by atoms with van der Waals surface area (Å²) >= 11 is 0. The van der Waals surface area contributed by atoms with Crippen LogP contribution in [0, 0.1) is 13.0 Å². The number of unbranched alkanes of at least 4 members (excludes halogenated alkanes) is 1. The maximum absolute atomic E-state index is 3.37. The monoisotopic (exact) mass is 458 g/mol. The van der Waals surface area contributed by atoms with Crippen LogP contribution in [0.1, 0.15) is 45.1 Å². The van der Waals surface area contributed by atoms with E-state index >= 15 is 0 Å². The second-order valence-corrected chi connectivity index (χ2v) is 8.53. The third-order valence-corrected chi connectivity index (χ3v) is 6.43. The Morgan fingerprint density at radius 3 is 2.33 bits per heavy atom. The molecule has 0 heterocycles. The minimum Gasteiger partial charge on any atom is -1.00 e. The fourth-order valence-electron chi connectivity index (χ4n) is 3.32. The molecule has 0 fully saturated rings. The van der Waals surface area contributed by atoms with Gasteiger partial charge in [0.15, 0.2) is 0 Å². The van der Waals surface area contributed by atoms with E-state index in [2.05, 4.69) is 93.6 Å². The zero-order valence-electron chi connectivity index (χ0n) is 17.9. The van der Waals surface area contributed by atoms with Crippen LogP contribution in [0.25, 0.3) is 10.8 Å². The van der Waals surface area contributed by atoms with Gasteiger partial charge in [0.1, 0.15) is 0 Å². The molecular weight excluding hydrogens is 429 g/mol. The normalized spacial score (nSPS) is 12.2. The van der Waals surface area contributed by atoms with Crippen LogP contribution in [0.3, 0.4) is 0 Å². The number of rotatable bonds is 5. The van der Waals surface area contributed by atoms with Gasteiger partial charge < -0.3 is 9.41 Å². The zero-order chi connectivity index (χ0) is 19.1. The van der Waals surface area contributed by atoms with Crippen LogP contribution < -0.4 is 20.0 Å². The molecule has 4 rings (SSSR count). The van der Waals surface area contributed by atoms with Crippen LogP contribution in [0.5, 0.6) is 0 Å². The minimum atomic E-state index is 0. The summed E-state index contributed by atoms with van der Waals surface area (Å²) in [6.07, 6.45) is 10.5. The van der Waals surface area contributed by atoms with Gasteiger partial charge in [0.2, 0.25) is 0 Å². The van der Waals surface area contributed by atoms with Crippen molar-refractivity contribution in [3.05, 3.63) is 89.5 Å². The first kappa shape index (κ1) is 28.5. The van der Waals surface area contributed by atoms with Gasteiger partial charge in [-0.1, -0.05) is 65.1 Å². The van der Waals surface area contributed by atoms with Crippen molar-refractivity contribution in [2.45, 2.75) is 46.5 Å². The number of hydrogen-bond donors (Lipinski definition) is 0. The number of benzene rings is 2. The molecular formula is C26H29F2PTi. The Morgan fingerprint density at radius 1 is 1.00 bits per heavy atom. The summed E-state index contributed by atoms with van der Waals surface area (Å²) in [6.45, 7) is 6.60. The summed E-state index contributed by atoms with van der Waals surface area (Å²) in [5, 5.41) is 5.58. The Kier molecular flexibility index (Phi) is 13.8. The topological polar surface area (TPSA) is 0 Å². The van der Waals surface area contributed by atoms with Crippen molar-refractivity contribution in [3.8, 4) is 0 Å². The Hall–Kier alpha value is -1.47. The Morgan fingerprint density at radius 2 is 1.70 bits per heavy atom. The van der Waals surface area contributed by atoms with Crippen LogP contribution in [-0.4, -0.2) is 0 Å². The fourth-order valence-corrected chi connectivity index (χ4v) is 4.55. The van der Waals surface area contributed by atoms with E-state index in [0.717, 1.165) is 15.0 Å². The van der Waals surface area contributed by atoms with Gasteiger partial charge in [0.05, 0.1) is 0 Å². The fraction of sp³-hybridized carbons (Fsp3) is 0.269. The molecule has 0 bridgehead atoms. The van der Waals surface area contributed by atoms with E-state index in [1.165, 1.54) is 57.4 Å². The SMILES string of the molecule is CCCCC1=[C-]CC=C1C.Cc1ccccc1Pc1cc2ccccc2[cH-]1.[F-].[F-].[Ti+4]. The number of fused-ring (bicyclic) bond motifs is 1. The molecule has 3 aromatic rings. The van der Waals surface area contributed by atoms with E-state index in [0.29, 0.717) is 0 Å². The van der Waals surface area contributed by atoms with Crippen LogP contribution in [-0.2, 0) is 21.7 Å². The maximum Gasteiger partial charge on any atom is 4.00 e. The second kappa shape index (κ2) is 14.5. The van der Waals surface area contributed by atoms with E-state index < -0.39 is 0 Å². The number of halogens is 2. The predicted octanol–water partition coefficient (Wildman–Crippen LogP) is 0.758. The van der Waals surface area contributed by atoms with E-state index in [4.69, 9.17) is 0 Å². The van der Waals surface area contributed by atoms with Crippen molar-refractivity contribution in [3.63, 3.8) is 0 Å². The first-order valence-corrected chi connectivity index (χ1v) is 10.9. The van der Waals surface area contributed by atoms with E-state index in [-0.39, 0.29) is 31.1 Å². The molecule has 1 aliphatic rings. The second-order valence-electron chi connectivity index (χ2n) is 7.16. The number of hydrogen-bond acceptors (Lipinski definition) is 0. The molecule has 0 saturated carbocycles. The summed E-state index contributed by atoms with van der Waals surface area (Å²) in [7, 11) is 0.759. The van der Waals surface area contributed by atoms with Gasteiger partial charge in [-0.25, -0.2) is 11.1 Å². The molecule has 30 heavy (non-hydrogen) atoms. The molecule has 1 aliphatic carbocycles. The minimum absolute atomic E-state index is 0. The average molecular weight is 458 g/mol. The smallest absolute Gasteiger partial charge is 1.00 e. The van der Waals surface area contributed by atoms with Crippen molar-refractivity contribution in [2.24, 2.45) is 0 Å². The molecule has 0 spiro atoms. The van der Waals surface area contributed by atoms with Crippen LogP contribution >= 0.6 is 8.58 Å². The molecule has 156 valence electrons. The molecule has 0 aliphatic heterocycles. The number of allylic oxidation sites excluding steroid dienone is 4. The molecule has 1 unspecified atom stereocenters.